The maximum atomic E-state index is 12.5. The lowest BCUT2D eigenvalue weighted by Crippen LogP contribution is -2.32. The van der Waals surface area contributed by atoms with Crippen LogP contribution in [0.4, 0.5) is 0 Å². The fourth-order valence-electron chi connectivity index (χ4n) is 2.32. The summed E-state index contributed by atoms with van der Waals surface area (Å²) >= 11 is 1.15. The number of hydrogen-bond donors (Lipinski definition) is 1. The molecule has 0 saturated carbocycles. The number of hydrogen-bond acceptors (Lipinski definition) is 5. The first-order valence-corrected chi connectivity index (χ1v) is 9.35. The Labute approximate surface area is 137 Å². The van der Waals surface area contributed by atoms with E-state index in [9.17, 15) is 13.2 Å². The van der Waals surface area contributed by atoms with Gasteiger partial charge in [0.1, 0.15) is 10.0 Å². The average Bonchev–Trinajstić information content (AvgIpc) is 3.06. The summed E-state index contributed by atoms with van der Waals surface area (Å²) in [5.41, 5.74) is 0.480. The minimum atomic E-state index is -3.52. The zero-order chi connectivity index (χ0) is 16.4. The third-order valence-electron chi connectivity index (χ3n) is 3.44. The third-order valence-corrected chi connectivity index (χ3v) is 6.30. The molecule has 1 N–H and O–H groups in total. The fraction of sp³-hybridized carbons (Fsp3) is 0.200. The van der Waals surface area contributed by atoms with E-state index in [-0.39, 0.29) is 22.9 Å². The highest BCUT2D eigenvalue weighted by atomic mass is 32.2. The number of sulfonamides is 1. The van der Waals surface area contributed by atoms with Gasteiger partial charge >= 0.3 is 0 Å². The number of aromatic nitrogens is 2. The average molecular weight is 349 g/mol. The first-order valence-electron chi connectivity index (χ1n) is 6.98. The predicted octanol–water partition coefficient (Wildman–Crippen LogP) is 1.74. The third kappa shape index (κ3) is 3.19. The standard InChI is InChI=1S/C15H15N3O3S2/c1-11-17-13-6-3-2-5-12(13)15(19)18(11)9-8-16-23(20,21)14-7-4-10-22-14/h2-7,10,16H,8-9H2,1H3. The second kappa shape index (κ2) is 6.23. The van der Waals surface area contributed by atoms with Gasteiger partial charge in [0.25, 0.3) is 5.56 Å². The lowest BCUT2D eigenvalue weighted by molar-refractivity contribution is 0.568. The summed E-state index contributed by atoms with van der Waals surface area (Å²) in [7, 11) is -3.52. The highest BCUT2D eigenvalue weighted by molar-refractivity contribution is 7.91. The van der Waals surface area contributed by atoms with Gasteiger partial charge in [-0.05, 0) is 30.5 Å². The van der Waals surface area contributed by atoms with E-state index >= 15 is 0 Å². The van der Waals surface area contributed by atoms with Gasteiger partial charge in [0.2, 0.25) is 10.0 Å². The van der Waals surface area contributed by atoms with E-state index in [1.807, 2.05) is 6.07 Å². The molecule has 6 nitrogen and oxygen atoms in total. The molecule has 0 radical (unpaired) electrons. The van der Waals surface area contributed by atoms with E-state index in [0.717, 1.165) is 11.3 Å². The minimum absolute atomic E-state index is 0.126. The highest BCUT2D eigenvalue weighted by Gasteiger charge is 2.15. The summed E-state index contributed by atoms with van der Waals surface area (Å²) in [4.78, 5) is 16.9. The van der Waals surface area contributed by atoms with Gasteiger partial charge in [-0.2, -0.15) is 0 Å². The summed E-state index contributed by atoms with van der Waals surface area (Å²) < 4.78 is 28.4. The largest absolute Gasteiger partial charge is 0.295 e. The summed E-state index contributed by atoms with van der Waals surface area (Å²) in [5.74, 6) is 0.559. The minimum Gasteiger partial charge on any atom is -0.295 e. The summed E-state index contributed by atoms with van der Waals surface area (Å²) in [6, 6.07) is 10.3. The Morgan fingerprint density at radius 1 is 1.22 bits per heavy atom. The van der Waals surface area contributed by atoms with E-state index < -0.39 is 10.0 Å². The Balaban J connectivity index is 1.82. The molecule has 0 fully saturated rings. The maximum absolute atomic E-state index is 12.5. The molecule has 23 heavy (non-hydrogen) atoms. The molecule has 120 valence electrons. The molecule has 0 unspecified atom stereocenters. The molecule has 0 saturated heterocycles. The molecule has 3 aromatic rings. The number of para-hydroxylation sites is 1. The number of nitrogens with one attached hydrogen (secondary N) is 1. The van der Waals surface area contributed by atoms with Gasteiger partial charge in [0, 0.05) is 13.1 Å². The van der Waals surface area contributed by atoms with Crippen molar-refractivity contribution in [1.82, 2.24) is 14.3 Å². The Bertz CT molecular complexity index is 992. The van der Waals surface area contributed by atoms with Crippen LogP contribution in [0.1, 0.15) is 5.82 Å². The lowest BCUT2D eigenvalue weighted by Gasteiger charge is -2.11. The van der Waals surface area contributed by atoms with Crippen molar-refractivity contribution >= 4 is 32.3 Å². The van der Waals surface area contributed by atoms with Crippen LogP contribution in [0, 0.1) is 6.92 Å². The Morgan fingerprint density at radius 3 is 2.74 bits per heavy atom. The molecule has 0 aliphatic heterocycles. The van der Waals surface area contributed by atoms with Crippen LogP contribution in [0.15, 0.2) is 50.8 Å². The van der Waals surface area contributed by atoms with Crippen LogP contribution in [0.5, 0.6) is 0 Å². The molecule has 2 heterocycles. The Morgan fingerprint density at radius 2 is 2.00 bits per heavy atom. The van der Waals surface area contributed by atoms with Crippen LogP contribution < -0.4 is 10.3 Å². The number of fused-ring (bicyclic) bond motifs is 1. The predicted molar refractivity (Wildman–Crippen MR) is 90.2 cm³/mol. The fourth-order valence-corrected chi connectivity index (χ4v) is 4.38. The SMILES string of the molecule is Cc1nc2ccccc2c(=O)n1CCNS(=O)(=O)c1cccs1. The number of nitrogens with zero attached hydrogens (tertiary/aromatic N) is 2. The molecule has 0 aliphatic rings. The van der Waals surface area contributed by atoms with E-state index in [0.29, 0.717) is 16.7 Å². The smallest absolute Gasteiger partial charge is 0.261 e. The van der Waals surface area contributed by atoms with Crippen LogP contribution in [-0.4, -0.2) is 24.5 Å². The van der Waals surface area contributed by atoms with E-state index in [2.05, 4.69) is 9.71 Å². The van der Waals surface area contributed by atoms with Crippen molar-refractivity contribution in [2.75, 3.05) is 6.54 Å². The zero-order valence-electron chi connectivity index (χ0n) is 12.4. The van der Waals surface area contributed by atoms with Gasteiger partial charge < -0.3 is 0 Å². The molecule has 3 rings (SSSR count). The second-order valence-corrected chi connectivity index (χ2v) is 7.90. The van der Waals surface area contributed by atoms with Crippen molar-refractivity contribution in [3.05, 3.63) is 58.0 Å². The Hall–Kier alpha value is -2.03. The number of thiophene rings is 1. The topological polar surface area (TPSA) is 81.1 Å². The van der Waals surface area contributed by atoms with Crippen LogP contribution in [-0.2, 0) is 16.6 Å². The molecular weight excluding hydrogens is 334 g/mol. The van der Waals surface area contributed by atoms with E-state index in [1.165, 1.54) is 4.57 Å². The maximum Gasteiger partial charge on any atom is 0.261 e. The molecule has 8 heteroatoms. The first-order chi connectivity index (χ1) is 11.0. The van der Waals surface area contributed by atoms with Gasteiger partial charge in [-0.3, -0.25) is 9.36 Å². The summed E-state index contributed by atoms with van der Waals surface area (Å²) in [6.45, 7) is 2.09. The molecule has 0 amide bonds. The van der Waals surface area contributed by atoms with Crippen molar-refractivity contribution in [3.63, 3.8) is 0 Å². The Kier molecular flexibility index (Phi) is 4.29. The van der Waals surface area contributed by atoms with Crippen molar-refractivity contribution in [3.8, 4) is 0 Å². The lowest BCUT2D eigenvalue weighted by atomic mass is 10.2. The van der Waals surface area contributed by atoms with Crippen LogP contribution in [0.2, 0.25) is 0 Å². The second-order valence-electron chi connectivity index (χ2n) is 4.96. The molecule has 0 atom stereocenters. The van der Waals surface area contributed by atoms with Gasteiger partial charge in [0.15, 0.2) is 0 Å². The molecular formula is C15H15N3O3S2. The van der Waals surface area contributed by atoms with Crippen molar-refractivity contribution < 1.29 is 8.42 Å². The molecule has 1 aromatic carbocycles. The van der Waals surface area contributed by atoms with Crippen molar-refractivity contribution in [1.29, 1.82) is 0 Å². The van der Waals surface area contributed by atoms with Gasteiger partial charge in [-0.25, -0.2) is 18.1 Å². The van der Waals surface area contributed by atoms with Crippen molar-refractivity contribution in [2.24, 2.45) is 0 Å². The first kappa shape index (κ1) is 15.9. The molecule has 0 aliphatic carbocycles. The van der Waals surface area contributed by atoms with E-state index in [1.54, 1.807) is 42.6 Å². The monoisotopic (exact) mass is 349 g/mol. The summed E-state index contributed by atoms with van der Waals surface area (Å²) in [5, 5.41) is 2.23. The molecule has 0 spiro atoms. The molecule has 0 bridgehead atoms. The van der Waals surface area contributed by atoms with E-state index in [4.69, 9.17) is 0 Å². The number of aryl methyl sites for hydroxylation is 1. The van der Waals surface area contributed by atoms with Gasteiger partial charge in [-0.1, -0.05) is 18.2 Å². The van der Waals surface area contributed by atoms with Crippen LogP contribution >= 0.6 is 11.3 Å². The zero-order valence-corrected chi connectivity index (χ0v) is 14.0. The van der Waals surface area contributed by atoms with Crippen LogP contribution in [0.25, 0.3) is 10.9 Å². The number of rotatable bonds is 5. The highest BCUT2D eigenvalue weighted by Crippen LogP contribution is 2.15. The number of benzene rings is 1. The van der Waals surface area contributed by atoms with Crippen LogP contribution in [0.3, 0.4) is 0 Å². The van der Waals surface area contributed by atoms with Crippen molar-refractivity contribution in [2.45, 2.75) is 17.7 Å². The van der Waals surface area contributed by atoms with Gasteiger partial charge in [-0.15, -0.1) is 11.3 Å². The quantitative estimate of drug-likeness (QED) is 0.761. The summed E-state index contributed by atoms with van der Waals surface area (Å²) in [6.07, 6.45) is 0. The normalized spacial score (nSPS) is 11.9. The molecule has 2 aromatic heterocycles. The van der Waals surface area contributed by atoms with Gasteiger partial charge in [0.05, 0.1) is 10.9 Å².